The Hall–Kier alpha value is -2.28. The van der Waals surface area contributed by atoms with Crippen LogP contribution in [0.3, 0.4) is 0 Å². The van der Waals surface area contributed by atoms with Crippen molar-refractivity contribution >= 4 is 0 Å². The van der Waals surface area contributed by atoms with E-state index in [4.69, 9.17) is 5.26 Å². The number of phenols is 1. The van der Waals surface area contributed by atoms with Crippen LogP contribution in [-0.4, -0.2) is 14.7 Å². The number of imidazole rings is 1. The summed E-state index contributed by atoms with van der Waals surface area (Å²) in [5, 5.41) is 18.0. The Morgan fingerprint density at radius 1 is 1.47 bits per heavy atom. The molecule has 1 heterocycles. The van der Waals surface area contributed by atoms with Crippen molar-refractivity contribution in [1.82, 2.24) is 9.55 Å². The maximum absolute atomic E-state index is 9.28. The number of aromatic hydroxyl groups is 1. The molecule has 2 rings (SSSR count). The number of nitriles is 1. The lowest BCUT2D eigenvalue weighted by atomic mass is 10.2. The highest BCUT2D eigenvalue weighted by molar-refractivity contribution is 5.28. The van der Waals surface area contributed by atoms with Crippen LogP contribution in [0.15, 0.2) is 36.7 Å². The highest BCUT2D eigenvalue weighted by atomic mass is 16.3. The van der Waals surface area contributed by atoms with Gasteiger partial charge in [0, 0.05) is 18.9 Å². The lowest BCUT2D eigenvalue weighted by Crippen LogP contribution is -2.01. The van der Waals surface area contributed by atoms with E-state index in [1.54, 1.807) is 35.2 Å². The van der Waals surface area contributed by atoms with Gasteiger partial charge in [-0.3, -0.25) is 0 Å². The van der Waals surface area contributed by atoms with E-state index in [1.807, 2.05) is 12.1 Å². The summed E-state index contributed by atoms with van der Waals surface area (Å²) in [6.45, 7) is 0.539. The summed E-state index contributed by atoms with van der Waals surface area (Å²) < 4.78 is 1.73. The largest absolute Gasteiger partial charge is 0.508 e. The number of hydrogen-bond acceptors (Lipinski definition) is 3. The average molecular weight is 199 g/mol. The molecule has 15 heavy (non-hydrogen) atoms. The lowest BCUT2D eigenvalue weighted by molar-refractivity contribution is 0.474. The summed E-state index contributed by atoms with van der Waals surface area (Å²) in [6.07, 6.45) is 3.32. The fourth-order valence-electron chi connectivity index (χ4n) is 1.40. The second-order valence-corrected chi connectivity index (χ2v) is 3.16. The smallest absolute Gasteiger partial charge is 0.213 e. The third-order valence-electron chi connectivity index (χ3n) is 2.08. The van der Waals surface area contributed by atoms with Crippen LogP contribution in [0.1, 0.15) is 11.4 Å². The van der Waals surface area contributed by atoms with Gasteiger partial charge in [-0.25, -0.2) is 4.98 Å². The molecule has 2 aromatic rings. The van der Waals surface area contributed by atoms with Gasteiger partial charge in [0.15, 0.2) is 0 Å². The summed E-state index contributed by atoms with van der Waals surface area (Å²) in [7, 11) is 0. The first-order valence-electron chi connectivity index (χ1n) is 4.49. The standard InChI is InChI=1S/C11H9N3O/c12-7-11-13-4-5-14(11)8-9-2-1-3-10(15)6-9/h1-6,15H,8H2. The number of benzene rings is 1. The van der Waals surface area contributed by atoms with E-state index in [-0.39, 0.29) is 5.75 Å². The highest BCUT2D eigenvalue weighted by Crippen LogP contribution is 2.12. The molecule has 0 saturated heterocycles. The fraction of sp³-hybridized carbons (Fsp3) is 0.0909. The Kier molecular flexibility index (Phi) is 2.38. The van der Waals surface area contributed by atoms with Gasteiger partial charge in [-0.05, 0) is 17.7 Å². The maximum atomic E-state index is 9.28. The van der Waals surface area contributed by atoms with E-state index in [0.717, 1.165) is 5.56 Å². The first kappa shape index (κ1) is 9.28. The Balaban J connectivity index is 2.26. The summed E-state index contributed by atoms with van der Waals surface area (Å²) in [5.41, 5.74) is 0.935. The number of hydrogen-bond donors (Lipinski definition) is 1. The van der Waals surface area contributed by atoms with Gasteiger partial charge >= 0.3 is 0 Å². The monoisotopic (exact) mass is 199 g/mol. The van der Waals surface area contributed by atoms with Crippen molar-refractivity contribution < 1.29 is 5.11 Å². The minimum absolute atomic E-state index is 0.228. The molecule has 0 aliphatic carbocycles. The van der Waals surface area contributed by atoms with Gasteiger partial charge < -0.3 is 9.67 Å². The molecule has 0 unspecified atom stereocenters. The molecule has 0 aliphatic rings. The summed E-state index contributed by atoms with van der Waals surface area (Å²) in [4.78, 5) is 3.89. The van der Waals surface area contributed by atoms with Crippen LogP contribution in [-0.2, 0) is 6.54 Å². The second kappa shape index (κ2) is 3.84. The molecule has 0 amide bonds. The number of phenolic OH excluding ortho intramolecular Hbond substituents is 1. The van der Waals surface area contributed by atoms with E-state index in [1.165, 1.54) is 0 Å². The normalized spacial score (nSPS) is 9.80. The van der Waals surface area contributed by atoms with E-state index in [2.05, 4.69) is 4.98 Å². The molecule has 0 saturated carbocycles. The minimum Gasteiger partial charge on any atom is -0.508 e. The van der Waals surface area contributed by atoms with Crippen molar-refractivity contribution in [1.29, 1.82) is 5.26 Å². The predicted molar refractivity (Wildman–Crippen MR) is 54.2 cm³/mol. The van der Waals surface area contributed by atoms with Crippen molar-refractivity contribution in [2.75, 3.05) is 0 Å². The quantitative estimate of drug-likeness (QED) is 0.797. The van der Waals surface area contributed by atoms with Crippen molar-refractivity contribution in [2.45, 2.75) is 6.54 Å². The molecule has 4 nitrogen and oxygen atoms in total. The molecular formula is C11H9N3O. The first-order chi connectivity index (χ1) is 7.29. The molecule has 1 aromatic carbocycles. The zero-order chi connectivity index (χ0) is 10.7. The third kappa shape index (κ3) is 1.97. The Bertz CT molecular complexity index is 511. The molecule has 74 valence electrons. The number of aromatic nitrogens is 2. The highest BCUT2D eigenvalue weighted by Gasteiger charge is 2.02. The minimum atomic E-state index is 0.228. The first-order valence-corrected chi connectivity index (χ1v) is 4.49. The van der Waals surface area contributed by atoms with Gasteiger partial charge in [0.2, 0.25) is 5.82 Å². The molecular weight excluding hydrogens is 190 g/mol. The van der Waals surface area contributed by atoms with E-state index >= 15 is 0 Å². The van der Waals surface area contributed by atoms with Gasteiger partial charge in [-0.2, -0.15) is 5.26 Å². The lowest BCUT2D eigenvalue weighted by Gasteiger charge is -2.03. The summed E-state index contributed by atoms with van der Waals surface area (Å²) in [6, 6.07) is 8.94. The van der Waals surface area contributed by atoms with Crippen LogP contribution in [0, 0.1) is 11.3 Å². The van der Waals surface area contributed by atoms with Crippen molar-refractivity contribution in [3.05, 3.63) is 48.0 Å². The van der Waals surface area contributed by atoms with Gasteiger partial charge in [0.1, 0.15) is 11.8 Å². The molecule has 1 N–H and O–H groups in total. The Morgan fingerprint density at radius 2 is 2.33 bits per heavy atom. The van der Waals surface area contributed by atoms with Gasteiger partial charge in [0.05, 0.1) is 0 Å². The van der Waals surface area contributed by atoms with Gasteiger partial charge in [-0.15, -0.1) is 0 Å². The summed E-state index contributed by atoms with van der Waals surface area (Å²) in [5.74, 6) is 0.601. The van der Waals surface area contributed by atoms with Gasteiger partial charge in [-0.1, -0.05) is 12.1 Å². The molecule has 0 spiro atoms. The maximum Gasteiger partial charge on any atom is 0.213 e. The van der Waals surface area contributed by atoms with Crippen LogP contribution in [0.2, 0.25) is 0 Å². The predicted octanol–water partition coefficient (Wildman–Crippen LogP) is 1.51. The molecule has 0 atom stereocenters. The third-order valence-corrected chi connectivity index (χ3v) is 2.08. The Morgan fingerprint density at radius 3 is 3.07 bits per heavy atom. The van der Waals surface area contributed by atoms with Crippen LogP contribution >= 0.6 is 0 Å². The van der Waals surface area contributed by atoms with Crippen LogP contribution in [0.25, 0.3) is 0 Å². The number of rotatable bonds is 2. The fourth-order valence-corrected chi connectivity index (χ4v) is 1.40. The molecule has 1 aromatic heterocycles. The Labute approximate surface area is 87.0 Å². The van der Waals surface area contributed by atoms with E-state index in [9.17, 15) is 5.11 Å². The second-order valence-electron chi connectivity index (χ2n) is 3.16. The molecule has 4 heteroatoms. The van der Waals surface area contributed by atoms with Crippen molar-refractivity contribution in [3.8, 4) is 11.8 Å². The molecule has 0 aliphatic heterocycles. The zero-order valence-corrected chi connectivity index (χ0v) is 7.96. The topological polar surface area (TPSA) is 61.8 Å². The van der Waals surface area contributed by atoms with Crippen molar-refractivity contribution in [3.63, 3.8) is 0 Å². The van der Waals surface area contributed by atoms with E-state index in [0.29, 0.717) is 12.4 Å². The van der Waals surface area contributed by atoms with E-state index < -0.39 is 0 Å². The zero-order valence-electron chi connectivity index (χ0n) is 7.96. The average Bonchev–Trinajstić information content (AvgIpc) is 2.65. The molecule has 0 bridgehead atoms. The van der Waals surface area contributed by atoms with Crippen LogP contribution < -0.4 is 0 Å². The van der Waals surface area contributed by atoms with Crippen LogP contribution in [0.4, 0.5) is 0 Å². The van der Waals surface area contributed by atoms with Crippen LogP contribution in [0.5, 0.6) is 5.75 Å². The number of nitrogens with zero attached hydrogens (tertiary/aromatic N) is 3. The molecule has 0 radical (unpaired) electrons. The summed E-state index contributed by atoms with van der Waals surface area (Å²) >= 11 is 0. The van der Waals surface area contributed by atoms with Gasteiger partial charge in [0.25, 0.3) is 0 Å². The molecule has 0 fully saturated rings. The SMILES string of the molecule is N#Cc1nccn1Cc1cccc(O)c1. The van der Waals surface area contributed by atoms with Crippen molar-refractivity contribution in [2.24, 2.45) is 0 Å².